The first-order valence-electron chi connectivity index (χ1n) is 8.11. The Morgan fingerprint density at radius 1 is 1.21 bits per heavy atom. The molecule has 0 atom stereocenters. The number of nitrogens with one attached hydrogen (secondary N) is 1. The van der Waals surface area contributed by atoms with Crippen LogP contribution in [0.25, 0.3) is 0 Å². The summed E-state index contributed by atoms with van der Waals surface area (Å²) in [5, 5.41) is 9.23. The van der Waals surface area contributed by atoms with Crippen LogP contribution in [0.4, 0.5) is 0 Å². The van der Waals surface area contributed by atoms with Gasteiger partial charge in [0.2, 0.25) is 10.0 Å². The highest BCUT2D eigenvalue weighted by Crippen LogP contribution is 2.27. The summed E-state index contributed by atoms with van der Waals surface area (Å²) in [6, 6.07) is 9.35. The van der Waals surface area contributed by atoms with E-state index in [-0.39, 0.29) is 0 Å². The molecule has 6 heteroatoms. The van der Waals surface area contributed by atoms with Crippen molar-refractivity contribution in [2.24, 2.45) is 0 Å². The minimum absolute atomic E-state index is 0.372. The lowest BCUT2D eigenvalue weighted by molar-refractivity contribution is 0.476. The number of nitriles is 1. The van der Waals surface area contributed by atoms with Gasteiger partial charge in [0, 0.05) is 30.9 Å². The number of H-pyrrole nitrogens is 1. The molecule has 3 rings (SSSR count). The zero-order chi connectivity index (χ0) is 17.3. The summed E-state index contributed by atoms with van der Waals surface area (Å²) >= 11 is 0. The topological polar surface area (TPSA) is 77.0 Å². The standard InChI is InChI=1S/C18H21N3O2S/c1-13-16(12-19)14(2)20-17(13)11-15-7-3-4-8-18(15)24(22,23)21-9-5-6-10-21/h3-4,7-8,20H,5-6,9-11H2,1-2H3. The molecule has 0 bridgehead atoms. The number of nitrogens with zero attached hydrogens (tertiary/aromatic N) is 2. The molecule has 5 nitrogen and oxygen atoms in total. The summed E-state index contributed by atoms with van der Waals surface area (Å²) in [6.45, 7) is 4.95. The van der Waals surface area contributed by atoms with E-state index in [0.29, 0.717) is 30.0 Å². The highest BCUT2D eigenvalue weighted by atomic mass is 32.2. The summed E-state index contributed by atoms with van der Waals surface area (Å²) in [4.78, 5) is 3.60. The van der Waals surface area contributed by atoms with Crippen LogP contribution < -0.4 is 0 Å². The minimum Gasteiger partial charge on any atom is -0.361 e. The van der Waals surface area contributed by atoms with Gasteiger partial charge in [-0.3, -0.25) is 0 Å². The number of aryl methyl sites for hydroxylation is 1. The maximum Gasteiger partial charge on any atom is 0.243 e. The predicted molar refractivity (Wildman–Crippen MR) is 92.2 cm³/mol. The van der Waals surface area contributed by atoms with E-state index >= 15 is 0 Å². The Hall–Kier alpha value is -2.10. The van der Waals surface area contributed by atoms with Gasteiger partial charge < -0.3 is 4.98 Å². The molecular formula is C18H21N3O2S. The molecule has 0 unspecified atom stereocenters. The van der Waals surface area contributed by atoms with Crippen LogP contribution in [0.1, 0.15) is 40.9 Å². The summed E-state index contributed by atoms with van der Waals surface area (Å²) in [5.41, 5.74) is 4.02. The van der Waals surface area contributed by atoms with E-state index in [2.05, 4.69) is 11.1 Å². The van der Waals surface area contributed by atoms with Crippen molar-refractivity contribution in [3.05, 3.63) is 52.3 Å². The maximum atomic E-state index is 12.9. The molecule has 1 N–H and O–H groups in total. The molecule has 1 aliphatic heterocycles. The van der Waals surface area contributed by atoms with Gasteiger partial charge in [-0.25, -0.2) is 8.42 Å². The number of hydrogen-bond donors (Lipinski definition) is 1. The van der Waals surface area contributed by atoms with Crippen LogP contribution in [0.3, 0.4) is 0 Å². The SMILES string of the molecule is Cc1[nH]c(Cc2ccccc2S(=O)(=O)N2CCCC2)c(C)c1C#N. The molecule has 0 saturated carbocycles. The van der Waals surface area contributed by atoms with Gasteiger partial charge in [0.15, 0.2) is 0 Å². The first-order chi connectivity index (χ1) is 11.4. The molecule has 0 amide bonds. The number of aromatic amines is 1. The largest absolute Gasteiger partial charge is 0.361 e. The Morgan fingerprint density at radius 2 is 1.88 bits per heavy atom. The normalized spacial score (nSPS) is 15.5. The maximum absolute atomic E-state index is 12.9. The Labute approximate surface area is 143 Å². The highest BCUT2D eigenvalue weighted by Gasteiger charge is 2.29. The van der Waals surface area contributed by atoms with E-state index in [1.165, 1.54) is 0 Å². The quantitative estimate of drug-likeness (QED) is 0.927. The molecule has 24 heavy (non-hydrogen) atoms. The second-order valence-corrected chi connectivity index (χ2v) is 8.14. The molecule has 0 spiro atoms. The van der Waals surface area contributed by atoms with E-state index in [9.17, 15) is 13.7 Å². The fraction of sp³-hybridized carbons (Fsp3) is 0.389. The molecule has 2 aromatic rings. The fourth-order valence-corrected chi connectivity index (χ4v) is 5.06. The van der Waals surface area contributed by atoms with E-state index in [4.69, 9.17) is 0 Å². The zero-order valence-corrected chi connectivity index (χ0v) is 14.8. The number of hydrogen-bond acceptors (Lipinski definition) is 3. The van der Waals surface area contributed by atoms with Gasteiger partial charge in [-0.2, -0.15) is 9.57 Å². The third-order valence-corrected chi connectivity index (χ3v) is 6.67. The second-order valence-electron chi connectivity index (χ2n) is 6.24. The zero-order valence-electron chi connectivity index (χ0n) is 14.0. The molecule has 1 saturated heterocycles. The molecule has 1 aromatic heterocycles. The Morgan fingerprint density at radius 3 is 2.50 bits per heavy atom. The number of aromatic nitrogens is 1. The van der Waals surface area contributed by atoms with Crippen LogP contribution in [-0.4, -0.2) is 30.8 Å². The third-order valence-electron chi connectivity index (χ3n) is 4.68. The summed E-state index contributed by atoms with van der Waals surface area (Å²) in [6.07, 6.45) is 2.31. The summed E-state index contributed by atoms with van der Waals surface area (Å²) in [5.74, 6) is 0. The molecule has 1 aromatic carbocycles. The van der Waals surface area contributed by atoms with Crippen molar-refractivity contribution in [1.82, 2.24) is 9.29 Å². The second kappa shape index (κ2) is 6.42. The molecule has 126 valence electrons. The van der Waals surface area contributed by atoms with E-state index in [1.54, 1.807) is 16.4 Å². The summed E-state index contributed by atoms with van der Waals surface area (Å²) in [7, 11) is -3.46. The van der Waals surface area contributed by atoms with E-state index < -0.39 is 10.0 Å². The van der Waals surface area contributed by atoms with Crippen molar-refractivity contribution >= 4 is 10.0 Å². The summed E-state index contributed by atoms with van der Waals surface area (Å²) < 4.78 is 27.4. The molecule has 1 fully saturated rings. The minimum atomic E-state index is -3.46. The van der Waals surface area contributed by atoms with Crippen LogP contribution in [-0.2, 0) is 16.4 Å². The van der Waals surface area contributed by atoms with Gasteiger partial charge in [0.05, 0.1) is 10.5 Å². The van der Waals surface area contributed by atoms with Gasteiger partial charge in [-0.05, 0) is 43.9 Å². The van der Waals surface area contributed by atoms with Gasteiger partial charge >= 0.3 is 0 Å². The fourth-order valence-electron chi connectivity index (χ4n) is 3.32. The highest BCUT2D eigenvalue weighted by molar-refractivity contribution is 7.89. The smallest absolute Gasteiger partial charge is 0.243 e. The van der Waals surface area contributed by atoms with E-state index in [0.717, 1.165) is 35.4 Å². The van der Waals surface area contributed by atoms with Gasteiger partial charge in [0.25, 0.3) is 0 Å². The van der Waals surface area contributed by atoms with Crippen LogP contribution in [0, 0.1) is 25.2 Å². The van der Waals surface area contributed by atoms with Gasteiger partial charge in [-0.1, -0.05) is 18.2 Å². The van der Waals surface area contributed by atoms with Gasteiger partial charge in [0.1, 0.15) is 6.07 Å². The first-order valence-corrected chi connectivity index (χ1v) is 9.55. The lowest BCUT2D eigenvalue weighted by Gasteiger charge is -2.18. The molecular weight excluding hydrogens is 322 g/mol. The third kappa shape index (κ3) is 2.85. The van der Waals surface area contributed by atoms with Gasteiger partial charge in [-0.15, -0.1) is 0 Å². The molecule has 1 aliphatic rings. The number of benzene rings is 1. The van der Waals surface area contributed by atoms with Crippen LogP contribution in [0.2, 0.25) is 0 Å². The van der Waals surface area contributed by atoms with Crippen molar-refractivity contribution in [3.63, 3.8) is 0 Å². The molecule has 0 aliphatic carbocycles. The van der Waals surface area contributed by atoms with Crippen molar-refractivity contribution in [2.45, 2.75) is 38.0 Å². The average molecular weight is 343 g/mol. The Kier molecular flexibility index (Phi) is 4.48. The monoisotopic (exact) mass is 343 g/mol. The number of sulfonamides is 1. The van der Waals surface area contributed by atoms with E-state index in [1.807, 2.05) is 26.0 Å². The van der Waals surface area contributed by atoms with Crippen LogP contribution in [0.15, 0.2) is 29.2 Å². The number of rotatable bonds is 4. The molecule has 2 heterocycles. The molecule has 0 radical (unpaired) electrons. The lowest BCUT2D eigenvalue weighted by Crippen LogP contribution is -2.28. The van der Waals surface area contributed by atoms with Crippen LogP contribution in [0.5, 0.6) is 0 Å². The average Bonchev–Trinajstić information content (AvgIpc) is 3.18. The first kappa shape index (κ1) is 16.7. The van der Waals surface area contributed by atoms with Crippen molar-refractivity contribution in [3.8, 4) is 6.07 Å². The van der Waals surface area contributed by atoms with Crippen molar-refractivity contribution in [2.75, 3.05) is 13.1 Å². The predicted octanol–water partition coefficient (Wildman–Crippen LogP) is 2.88. The lowest BCUT2D eigenvalue weighted by atomic mass is 10.1. The van der Waals surface area contributed by atoms with Crippen LogP contribution >= 0.6 is 0 Å². The van der Waals surface area contributed by atoms with Crippen molar-refractivity contribution in [1.29, 1.82) is 5.26 Å². The van der Waals surface area contributed by atoms with Crippen molar-refractivity contribution < 1.29 is 8.42 Å². The Bertz CT molecular complexity index is 901. The Balaban J connectivity index is 2.00.